The summed E-state index contributed by atoms with van der Waals surface area (Å²) in [6.45, 7) is 8.41. The Morgan fingerprint density at radius 3 is 2.39 bits per heavy atom. The minimum Gasteiger partial charge on any atom is -0.352 e. The van der Waals surface area contributed by atoms with Gasteiger partial charge in [0.25, 0.3) is 0 Å². The van der Waals surface area contributed by atoms with E-state index in [4.69, 9.17) is 0 Å². The maximum Gasteiger partial charge on any atom is 0.237 e. The first-order chi connectivity index (χ1) is 8.54. The highest BCUT2D eigenvalue weighted by molar-refractivity contribution is 5.81. The summed E-state index contributed by atoms with van der Waals surface area (Å²) >= 11 is 0. The van der Waals surface area contributed by atoms with Crippen molar-refractivity contribution >= 4 is 5.91 Å². The lowest BCUT2D eigenvalue weighted by Crippen LogP contribution is -2.49. The lowest BCUT2D eigenvalue weighted by atomic mass is 9.99. The molecule has 0 aromatic carbocycles. The van der Waals surface area contributed by atoms with Gasteiger partial charge < -0.3 is 10.6 Å². The largest absolute Gasteiger partial charge is 0.352 e. The van der Waals surface area contributed by atoms with Crippen molar-refractivity contribution in [2.45, 2.75) is 84.3 Å². The second-order valence-corrected chi connectivity index (χ2v) is 5.92. The number of nitrogens with one attached hydrogen (secondary N) is 2. The first-order valence-electron chi connectivity index (χ1n) is 7.61. The summed E-state index contributed by atoms with van der Waals surface area (Å²) in [6.07, 6.45) is 7.50. The number of rotatable bonds is 7. The van der Waals surface area contributed by atoms with Crippen molar-refractivity contribution in [1.29, 1.82) is 0 Å². The summed E-state index contributed by atoms with van der Waals surface area (Å²) in [5.74, 6) is 0.897. The molecule has 3 heteroatoms. The standard InChI is InChI=1S/C15H30N2O/c1-5-8-11(2)16-15(18)13(4)17-12(3)14-9-6-7-10-14/h11-14,17H,5-10H2,1-4H3,(H,16,18)/t11?,12-,13?/m0/s1. The van der Waals surface area contributed by atoms with Crippen LogP contribution in [0.3, 0.4) is 0 Å². The van der Waals surface area contributed by atoms with Crippen LogP contribution in [0.25, 0.3) is 0 Å². The van der Waals surface area contributed by atoms with Crippen molar-refractivity contribution in [1.82, 2.24) is 10.6 Å². The van der Waals surface area contributed by atoms with Crippen LogP contribution in [-0.2, 0) is 4.79 Å². The van der Waals surface area contributed by atoms with Crippen molar-refractivity contribution < 1.29 is 4.79 Å². The Labute approximate surface area is 112 Å². The van der Waals surface area contributed by atoms with Gasteiger partial charge in [0.1, 0.15) is 0 Å². The van der Waals surface area contributed by atoms with Crippen molar-refractivity contribution in [3.8, 4) is 0 Å². The van der Waals surface area contributed by atoms with Gasteiger partial charge >= 0.3 is 0 Å². The Morgan fingerprint density at radius 1 is 1.22 bits per heavy atom. The monoisotopic (exact) mass is 254 g/mol. The van der Waals surface area contributed by atoms with E-state index in [1.807, 2.05) is 6.92 Å². The van der Waals surface area contributed by atoms with Crippen molar-refractivity contribution in [3.63, 3.8) is 0 Å². The Morgan fingerprint density at radius 2 is 1.83 bits per heavy atom. The fourth-order valence-electron chi connectivity index (χ4n) is 2.94. The molecule has 1 saturated carbocycles. The molecule has 18 heavy (non-hydrogen) atoms. The number of carbonyl (C=O) groups excluding carboxylic acids is 1. The molecule has 0 radical (unpaired) electrons. The smallest absolute Gasteiger partial charge is 0.237 e. The molecule has 0 bridgehead atoms. The molecule has 0 spiro atoms. The molecule has 1 fully saturated rings. The van der Waals surface area contributed by atoms with E-state index in [9.17, 15) is 4.79 Å². The molecule has 1 rings (SSSR count). The van der Waals surface area contributed by atoms with Gasteiger partial charge in [0, 0.05) is 12.1 Å². The first-order valence-corrected chi connectivity index (χ1v) is 7.61. The van der Waals surface area contributed by atoms with E-state index in [0.717, 1.165) is 18.8 Å². The van der Waals surface area contributed by atoms with Gasteiger partial charge in [-0.3, -0.25) is 4.79 Å². The van der Waals surface area contributed by atoms with Gasteiger partial charge in [0.2, 0.25) is 5.91 Å². The Hall–Kier alpha value is -0.570. The zero-order chi connectivity index (χ0) is 13.5. The molecule has 1 amide bonds. The summed E-state index contributed by atoms with van der Waals surface area (Å²) in [5.41, 5.74) is 0. The third kappa shape index (κ3) is 4.97. The maximum atomic E-state index is 12.0. The summed E-state index contributed by atoms with van der Waals surface area (Å²) in [5, 5.41) is 6.53. The third-order valence-electron chi connectivity index (χ3n) is 4.12. The SMILES string of the molecule is CCCC(C)NC(=O)C(C)N[C@@H](C)C1CCCC1. The average molecular weight is 254 g/mol. The summed E-state index contributed by atoms with van der Waals surface area (Å²) in [6, 6.07) is 0.656. The lowest BCUT2D eigenvalue weighted by Gasteiger charge is -2.25. The number of amides is 1. The van der Waals surface area contributed by atoms with E-state index in [1.54, 1.807) is 0 Å². The van der Waals surface area contributed by atoms with Crippen molar-refractivity contribution in [3.05, 3.63) is 0 Å². The molecule has 0 aromatic rings. The molecule has 1 aliphatic rings. The van der Waals surface area contributed by atoms with Crippen LogP contribution >= 0.6 is 0 Å². The molecule has 2 N–H and O–H groups in total. The highest BCUT2D eigenvalue weighted by Gasteiger charge is 2.24. The lowest BCUT2D eigenvalue weighted by molar-refractivity contribution is -0.123. The van der Waals surface area contributed by atoms with Crippen LogP contribution in [-0.4, -0.2) is 24.0 Å². The van der Waals surface area contributed by atoms with E-state index in [1.165, 1.54) is 25.7 Å². The molecule has 106 valence electrons. The van der Waals surface area contributed by atoms with E-state index >= 15 is 0 Å². The second kappa shape index (κ2) is 7.78. The minimum absolute atomic E-state index is 0.0834. The fourth-order valence-corrected chi connectivity index (χ4v) is 2.94. The zero-order valence-corrected chi connectivity index (χ0v) is 12.5. The topological polar surface area (TPSA) is 41.1 Å². The third-order valence-corrected chi connectivity index (χ3v) is 4.12. The van der Waals surface area contributed by atoms with E-state index in [0.29, 0.717) is 6.04 Å². The van der Waals surface area contributed by atoms with Crippen LogP contribution in [0.4, 0.5) is 0 Å². The van der Waals surface area contributed by atoms with Gasteiger partial charge in [-0.15, -0.1) is 0 Å². The van der Waals surface area contributed by atoms with Crippen LogP contribution in [0.1, 0.15) is 66.2 Å². The summed E-state index contributed by atoms with van der Waals surface area (Å²) < 4.78 is 0. The van der Waals surface area contributed by atoms with Gasteiger partial charge in [-0.05, 0) is 46.0 Å². The Kier molecular flexibility index (Phi) is 6.69. The molecule has 0 saturated heterocycles. The van der Waals surface area contributed by atoms with Gasteiger partial charge in [-0.25, -0.2) is 0 Å². The van der Waals surface area contributed by atoms with Crippen LogP contribution < -0.4 is 10.6 Å². The first kappa shape index (κ1) is 15.5. The quantitative estimate of drug-likeness (QED) is 0.733. The highest BCUT2D eigenvalue weighted by Crippen LogP contribution is 2.27. The Balaban J connectivity index is 2.29. The van der Waals surface area contributed by atoms with E-state index < -0.39 is 0 Å². The normalized spacial score (nSPS) is 21.6. The second-order valence-electron chi connectivity index (χ2n) is 5.92. The molecule has 3 atom stereocenters. The van der Waals surface area contributed by atoms with Gasteiger partial charge in [0.05, 0.1) is 6.04 Å². The van der Waals surface area contributed by atoms with Gasteiger partial charge in [-0.2, -0.15) is 0 Å². The molecule has 2 unspecified atom stereocenters. The number of hydrogen-bond donors (Lipinski definition) is 2. The minimum atomic E-state index is -0.0834. The zero-order valence-electron chi connectivity index (χ0n) is 12.5. The van der Waals surface area contributed by atoms with Gasteiger partial charge in [0.15, 0.2) is 0 Å². The van der Waals surface area contributed by atoms with Crippen molar-refractivity contribution in [2.24, 2.45) is 5.92 Å². The average Bonchev–Trinajstić information content (AvgIpc) is 2.82. The van der Waals surface area contributed by atoms with Crippen LogP contribution in [0.5, 0.6) is 0 Å². The van der Waals surface area contributed by atoms with Crippen LogP contribution in [0, 0.1) is 5.92 Å². The van der Waals surface area contributed by atoms with Gasteiger partial charge in [-0.1, -0.05) is 26.2 Å². The molecular weight excluding hydrogens is 224 g/mol. The van der Waals surface area contributed by atoms with Crippen molar-refractivity contribution in [2.75, 3.05) is 0 Å². The molecule has 0 heterocycles. The maximum absolute atomic E-state index is 12.0. The summed E-state index contributed by atoms with van der Waals surface area (Å²) in [4.78, 5) is 12.0. The predicted octanol–water partition coefficient (Wildman–Crippen LogP) is 2.85. The molecule has 3 nitrogen and oxygen atoms in total. The predicted molar refractivity (Wildman–Crippen MR) is 76.5 cm³/mol. The van der Waals surface area contributed by atoms with Crippen LogP contribution in [0.15, 0.2) is 0 Å². The molecule has 0 aromatic heterocycles. The van der Waals surface area contributed by atoms with E-state index in [2.05, 4.69) is 31.4 Å². The molecule has 1 aliphatic carbocycles. The number of carbonyl (C=O) groups is 1. The molecule has 0 aliphatic heterocycles. The highest BCUT2D eigenvalue weighted by atomic mass is 16.2. The Bertz CT molecular complexity index is 249. The summed E-state index contributed by atoms with van der Waals surface area (Å²) in [7, 11) is 0. The fraction of sp³-hybridized carbons (Fsp3) is 0.933. The number of hydrogen-bond acceptors (Lipinski definition) is 2. The van der Waals surface area contributed by atoms with Crippen LogP contribution in [0.2, 0.25) is 0 Å². The molecular formula is C15H30N2O. The van der Waals surface area contributed by atoms with E-state index in [-0.39, 0.29) is 18.0 Å².